The standard InChI is InChI=1S/C51H101N2O6P/c1-6-8-10-12-14-16-18-20-22-24-25-26-27-29-31-33-35-37-39-41-43-45-51(55)52-49(48-59-60(56,57)58-47-46-53(3,4)5)50(54)44-42-40-38-36-34-32-30-28-23-21-19-17-15-13-11-9-7-2/h8,10,14,16,49-50,54H,6-7,9,11-13,15,17-48H2,1-5H3,(H-,52,55,56,57)/p+1/b10-8-,16-14-. The van der Waals surface area contributed by atoms with Gasteiger partial charge in [0.15, 0.2) is 0 Å². The van der Waals surface area contributed by atoms with E-state index < -0.39 is 20.0 Å². The lowest BCUT2D eigenvalue weighted by Gasteiger charge is -2.26. The van der Waals surface area contributed by atoms with Crippen LogP contribution in [0.5, 0.6) is 0 Å². The molecule has 0 aromatic rings. The van der Waals surface area contributed by atoms with Crippen molar-refractivity contribution in [1.29, 1.82) is 0 Å². The third-order valence-corrected chi connectivity index (χ3v) is 12.7. The number of quaternary nitrogens is 1. The first-order chi connectivity index (χ1) is 29.0. The summed E-state index contributed by atoms with van der Waals surface area (Å²) >= 11 is 0. The minimum absolute atomic E-state index is 0.0762. The van der Waals surface area contributed by atoms with E-state index in [9.17, 15) is 19.4 Å². The van der Waals surface area contributed by atoms with Gasteiger partial charge in [-0.3, -0.25) is 13.8 Å². The number of likely N-dealkylation sites (N-methyl/N-ethyl adjacent to an activating group) is 1. The highest BCUT2D eigenvalue weighted by Crippen LogP contribution is 2.43. The van der Waals surface area contributed by atoms with E-state index in [1.165, 1.54) is 167 Å². The molecule has 3 N–H and O–H groups in total. The molecule has 0 aliphatic heterocycles. The van der Waals surface area contributed by atoms with Gasteiger partial charge in [0, 0.05) is 6.42 Å². The summed E-state index contributed by atoms with van der Waals surface area (Å²) in [4.78, 5) is 23.3. The summed E-state index contributed by atoms with van der Waals surface area (Å²) < 4.78 is 23.7. The number of phosphoric acid groups is 1. The molecule has 0 saturated heterocycles. The molecule has 60 heavy (non-hydrogen) atoms. The molecular weight excluding hydrogens is 768 g/mol. The molecule has 0 aromatic carbocycles. The molecule has 0 aliphatic rings. The number of aliphatic hydroxyl groups excluding tert-OH is 1. The normalized spacial score (nSPS) is 14.3. The fourth-order valence-corrected chi connectivity index (χ4v) is 8.41. The first-order valence-corrected chi connectivity index (χ1v) is 27.2. The van der Waals surface area contributed by atoms with Gasteiger partial charge in [-0.1, -0.05) is 224 Å². The number of nitrogens with one attached hydrogen (secondary N) is 1. The van der Waals surface area contributed by atoms with Gasteiger partial charge in [-0.25, -0.2) is 4.57 Å². The van der Waals surface area contributed by atoms with Crippen LogP contribution >= 0.6 is 7.82 Å². The van der Waals surface area contributed by atoms with Crippen molar-refractivity contribution in [2.24, 2.45) is 0 Å². The average Bonchev–Trinajstić information content (AvgIpc) is 3.20. The number of rotatable bonds is 47. The van der Waals surface area contributed by atoms with Gasteiger partial charge in [-0.05, 0) is 38.5 Å². The summed E-state index contributed by atoms with van der Waals surface area (Å²) in [5, 5.41) is 14.0. The smallest absolute Gasteiger partial charge is 0.391 e. The molecule has 0 saturated carbocycles. The van der Waals surface area contributed by atoms with E-state index in [1.54, 1.807) is 0 Å². The fourth-order valence-electron chi connectivity index (χ4n) is 7.67. The summed E-state index contributed by atoms with van der Waals surface area (Å²) in [5.41, 5.74) is 0. The van der Waals surface area contributed by atoms with E-state index in [4.69, 9.17) is 9.05 Å². The zero-order chi connectivity index (χ0) is 44.3. The molecule has 0 aliphatic carbocycles. The average molecular weight is 870 g/mol. The topological polar surface area (TPSA) is 105 Å². The van der Waals surface area contributed by atoms with Crippen LogP contribution in [0.3, 0.4) is 0 Å². The summed E-state index contributed by atoms with van der Waals surface area (Å²) in [7, 11) is 1.62. The van der Waals surface area contributed by atoms with Gasteiger partial charge in [0.05, 0.1) is 39.9 Å². The van der Waals surface area contributed by atoms with Gasteiger partial charge in [-0.15, -0.1) is 0 Å². The maximum atomic E-state index is 13.0. The highest BCUT2D eigenvalue weighted by atomic mass is 31.2. The van der Waals surface area contributed by atoms with Crippen molar-refractivity contribution >= 4 is 13.7 Å². The molecule has 0 radical (unpaired) electrons. The number of amides is 1. The fraction of sp³-hybridized carbons (Fsp3) is 0.902. The highest BCUT2D eigenvalue weighted by Gasteiger charge is 2.28. The zero-order valence-electron chi connectivity index (χ0n) is 40.5. The number of hydrogen-bond acceptors (Lipinski definition) is 5. The van der Waals surface area contributed by atoms with Crippen molar-refractivity contribution in [1.82, 2.24) is 5.32 Å². The molecule has 0 heterocycles. The number of unbranched alkanes of at least 4 members (excludes halogenated alkanes) is 30. The lowest BCUT2D eigenvalue weighted by atomic mass is 10.0. The van der Waals surface area contributed by atoms with E-state index in [2.05, 4.69) is 43.5 Å². The Labute approximate surface area is 373 Å². The Morgan fingerprint density at radius 1 is 0.583 bits per heavy atom. The Bertz CT molecular complexity index is 1030. The Morgan fingerprint density at radius 2 is 1.00 bits per heavy atom. The minimum Gasteiger partial charge on any atom is -0.391 e. The second kappa shape index (κ2) is 43.2. The molecule has 0 rings (SSSR count). The minimum atomic E-state index is -4.32. The third kappa shape index (κ3) is 45.0. The quantitative estimate of drug-likeness (QED) is 0.0243. The molecule has 3 atom stereocenters. The van der Waals surface area contributed by atoms with Crippen LogP contribution in [-0.4, -0.2) is 73.4 Å². The summed E-state index contributed by atoms with van der Waals surface area (Å²) in [6.45, 7) is 4.81. The summed E-state index contributed by atoms with van der Waals surface area (Å²) in [5.74, 6) is -0.143. The number of hydrogen-bond donors (Lipinski definition) is 3. The monoisotopic (exact) mass is 870 g/mol. The van der Waals surface area contributed by atoms with Gasteiger partial charge >= 0.3 is 7.82 Å². The van der Waals surface area contributed by atoms with Gasteiger partial charge in [-0.2, -0.15) is 0 Å². The Morgan fingerprint density at radius 3 is 1.45 bits per heavy atom. The molecule has 0 fully saturated rings. The Hall–Kier alpha value is -1.02. The molecule has 0 aromatic heterocycles. The van der Waals surface area contributed by atoms with Crippen LogP contribution in [0.4, 0.5) is 0 Å². The highest BCUT2D eigenvalue weighted by molar-refractivity contribution is 7.47. The third-order valence-electron chi connectivity index (χ3n) is 11.7. The molecular formula is C51H102N2O6P+. The van der Waals surface area contributed by atoms with Gasteiger partial charge < -0.3 is 19.8 Å². The number of nitrogens with zero attached hydrogens (tertiary/aromatic N) is 1. The van der Waals surface area contributed by atoms with Gasteiger partial charge in [0.1, 0.15) is 13.2 Å². The van der Waals surface area contributed by atoms with Crippen LogP contribution in [0.1, 0.15) is 245 Å². The van der Waals surface area contributed by atoms with Crippen molar-refractivity contribution in [3.05, 3.63) is 24.3 Å². The molecule has 0 spiro atoms. The first kappa shape index (κ1) is 59.0. The largest absolute Gasteiger partial charge is 0.472 e. The van der Waals surface area contributed by atoms with E-state index in [-0.39, 0.29) is 19.1 Å². The van der Waals surface area contributed by atoms with Crippen molar-refractivity contribution < 1.29 is 32.9 Å². The van der Waals surface area contributed by atoms with Gasteiger partial charge in [0.25, 0.3) is 0 Å². The molecule has 1 amide bonds. The van der Waals surface area contributed by atoms with Crippen molar-refractivity contribution in [2.45, 2.75) is 257 Å². The SMILES string of the molecule is CC/C=C\C/C=C\CCCCCCCCCCCCCCCCC(=O)NC(COP(=O)(O)OCC[N+](C)(C)C)C(O)CCCCCCCCCCCCCCCCCCC. The van der Waals surface area contributed by atoms with Crippen LogP contribution in [0, 0.1) is 0 Å². The molecule has 9 heteroatoms. The number of allylic oxidation sites excluding steroid dienone is 4. The zero-order valence-corrected chi connectivity index (χ0v) is 41.4. The number of carbonyl (C=O) groups excluding carboxylic acids is 1. The molecule has 3 unspecified atom stereocenters. The van der Waals surface area contributed by atoms with Crippen molar-refractivity contribution in [2.75, 3.05) is 40.9 Å². The van der Waals surface area contributed by atoms with E-state index in [0.29, 0.717) is 23.9 Å². The predicted octanol–water partition coefficient (Wildman–Crippen LogP) is 14.9. The number of carbonyl (C=O) groups is 1. The van der Waals surface area contributed by atoms with Crippen LogP contribution in [0.25, 0.3) is 0 Å². The van der Waals surface area contributed by atoms with Gasteiger partial charge in [0.2, 0.25) is 5.91 Å². The summed E-state index contributed by atoms with van der Waals surface area (Å²) in [6, 6.07) is -0.758. The lowest BCUT2D eigenvalue weighted by Crippen LogP contribution is -2.46. The summed E-state index contributed by atoms with van der Waals surface area (Å²) in [6.07, 6.45) is 52.1. The van der Waals surface area contributed by atoms with Crippen LogP contribution in [0.2, 0.25) is 0 Å². The maximum absolute atomic E-state index is 13.0. The van der Waals surface area contributed by atoms with E-state index in [1.807, 2.05) is 21.1 Å². The molecule has 8 nitrogen and oxygen atoms in total. The first-order valence-electron chi connectivity index (χ1n) is 25.7. The van der Waals surface area contributed by atoms with Crippen LogP contribution in [0.15, 0.2) is 24.3 Å². The number of aliphatic hydroxyl groups is 1. The second-order valence-electron chi connectivity index (χ2n) is 18.9. The van der Waals surface area contributed by atoms with Crippen molar-refractivity contribution in [3.8, 4) is 0 Å². The van der Waals surface area contributed by atoms with Crippen LogP contribution in [-0.2, 0) is 18.4 Å². The molecule has 0 bridgehead atoms. The second-order valence-corrected chi connectivity index (χ2v) is 20.3. The predicted molar refractivity (Wildman–Crippen MR) is 258 cm³/mol. The van der Waals surface area contributed by atoms with Crippen LogP contribution < -0.4 is 5.32 Å². The molecule has 356 valence electrons. The maximum Gasteiger partial charge on any atom is 0.472 e. The lowest BCUT2D eigenvalue weighted by molar-refractivity contribution is -0.870. The van der Waals surface area contributed by atoms with Crippen molar-refractivity contribution in [3.63, 3.8) is 0 Å². The number of phosphoric ester groups is 1. The Kier molecular flexibility index (Phi) is 42.5. The van der Waals surface area contributed by atoms with E-state index >= 15 is 0 Å². The Balaban J connectivity index is 4.22. The van der Waals surface area contributed by atoms with E-state index in [0.717, 1.165) is 51.4 Å².